The van der Waals surface area contributed by atoms with Crippen molar-refractivity contribution in [2.75, 3.05) is 26.2 Å². The summed E-state index contributed by atoms with van der Waals surface area (Å²) in [6, 6.07) is 0. The molecule has 1 N–H and O–H groups in total. The third-order valence-electron chi connectivity index (χ3n) is 4.64. The molecular formula is C14H25F3N2. The number of rotatable bonds is 4. The van der Waals surface area contributed by atoms with Gasteiger partial charge in [-0.25, -0.2) is 0 Å². The topological polar surface area (TPSA) is 15.3 Å². The molecule has 2 nitrogen and oxygen atoms in total. The monoisotopic (exact) mass is 278 g/mol. The maximum Gasteiger partial charge on any atom is 0.391 e. The van der Waals surface area contributed by atoms with Gasteiger partial charge < -0.3 is 10.2 Å². The molecule has 112 valence electrons. The number of alkyl halides is 3. The van der Waals surface area contributed by atoms with Gasteiger partial charge in [-0.15, -0.1) is 0 Å². The van der Waals surface area contributed by atoms with Crippen LogP contribution in [-0.4, -0.2) is 42.8 Å². The van der Waals surface area contributed by atoms with Crippen LogP contribution in [0.1, 0.15) is 45.4 Å². The van der Waals surface area contributed by atoms with Crippen LogP contribution in [0, 0.1) is 5.92 Å². The molecule has 0 saturated carbocycles. The van der Waals surface area contributed by atoms with Crippen molar-refractivity contribution in [1.29, 1.82) is 0 Å². The first-order valence-electron chi connectivity index (χ1n) is 7.49. The Hall–Kier alpha value is -0.290. The molecule has 0 aromatic heterocycles. The predicted octanol–water partition coefficient (Wildman–Crippen LogP) is 3.18. The second kappa shape index (κ2) is 6.00. The Kier molecular flexibility index (Phi) is 4.77. The van der Waals surface area contributed by atoms with Gasteiger partial charge in [0.05, 0.1) is 5.92 Å². The summed E-state index contributed by atoms with van der Waals surface area (Å²) < 4.78 is 37.9. The second-order valence-electron chi connectivity index (χ2n) is 6.15. The van der Waals surface area contributed by atoms with Crippen molar-refractivity contribution in [2.45, 2.75) is 57.2 Å². The molecule has 0 spiro atoms. The van der Waals surface area contributed by atoms with E-state index in [1.165, 1.54) is 12.8 Å². The lowest BCUT2D eigenvalue weighted by molar-refractivity contribution is -0.185. The van der Waals surface area contributed by atoms with Gasteiger partial charge in [0.15, 0.2) is 0 Å². The van der Waals surface area contributed by atoms with Gasteiger partial charge in [-0.2, -0.15) is 13.2 Å². The fourth-order valence-electron chi connectivity index (χ4n) is 3.62. The standard InChI is InChI=1S/C14H25F3N2/c1-2-6-13(7-3-8-18-13)11-19-9-4-12(5-10-19)14(15,16)17/h12,18H,2-11H2,1H3. The lowest BCUT2D eigenvalue weighted by Gasteiger charge is -2.39. The van der Waals surface area contributed by atoms with E-state index in [-0.39, 0.29) is 18.4 Å². The quantitative estimate of drug-likeness (QED) is 0.849. The number of piperidine rings is 1. The molecule has 1 unspecified atom stereocenters. The molecule has 5 heteroatoms. The van der Waals surface area contributed by atoms with E-state index in [1.54, 1.807) is 0 Å². The normalized spacial score (nSPS) is 30.9. The smallest absolute Gasteiger partial charge is 0.310 e. The van der Waals surface area contributed by atoms with Crippen LogP contribution in [0.25, 0.3) is 0 Å². The fourth-order valence-corrected chi connectivity index (χ4v) is 3.62. The SMILES string of the molecule is CCCC1(CN2CCC(C(F)(F)F)CC2)CCCN1. The molecular weight excluding hydrogens is 253 g/mol. The highest BCUT2D eigenvalue weighted by Gasteiger charge is 2.42. The van der Waals surface area contributed by atoms with E-state index in [1.807, 2.05) is 0 Å². The molecule has 0 radical (unpaired) electrons. The molecule has 2 aliphatic rings. The first-order chi connectivity index (χ1) is 8.95. The highest BCUT2D eigenvalue weighted by atomic mass is 19.4. The van der Waals surface area contributed by atoms with Crippen molar-refractivity contribution in [3.05, 3.63) is 0 Å². The van der Waals surface area contributed by atoms with Gasteiger partial charge in [0.2, 0.25) is 0 Å². The molecule has 2 aliphatic heterocycles. The summed E-state index contributed by atoms with van der Waals surface area (Å²) in [6.07, 6.45) is 1.16. The fraction of sp³-hybridized carbons (Fsp3) is 1.00. The zero-order chi connectivity index (χ0) is 13.9. The van der Waals surface area contributed by atoms with Crippen molar-refractivity contribution in [3.8, 4) is 0 Å². The van der Waals surface area contributed by atoms with Gasteiger partial charge in [0.1, 0.15) is 0 Å². The van der Waals surface area contributed by atoms with Gasteiger partial charge in [-0.1, -0.05) is 13.3 Å². The lowest BCUT2D eigenvalue weighted by Crippen LogP contribution is -2.52. The van der Waals surface area contributed by atoms with Crippen LogP contribution in [0.2, 0.25) is 0 Å². The molecule has 2 heterocycles. The van der Waals surface area contributed by atoms with Crippen molar-refractivity contribution >= 4 is 0 Å². The Labute approximate surface area is 113 Å². The average molecular weight is 278 g/mol. The number of nitrogens with one attached hydrogen (secondary N) is 1. The van der Waals surface area contributed by atoms with Gasteiger partial charge in [-0.3, -0.25) is 0 Å². The van der Waals surface area contributed by atoms with E-state index in [4.69, 9.17) is 0 Å². The largest absolute Gasteiger partial charge is 0.391 e. The molecule has 2 fully saturated rings. The Morgan fingerprint density at radius 2 is 1.95 bits per heavy atom. The average Bonchev–Trinajstić information content (AvgIpc) is 2.77. The van der Waals surface area contributed by atoms with Crippen LogP contribution in [-0.2, 0) is 0 Å². The summed E-state index contributed by atoms with van der Waals surface area (Å²) in [5.74, 6) is -1.08. The molecule has 0 aromatic rings. The zero-order valence-electron chi connectivity index (χ0n) is 11.7. The number of halogens is 3. The maximum absolute atomic E-state index is 12.6. The van der Waals surface area contributed by atoms with Gasteiger partial charge in [0.25, 0.3) is 0 Å². The highest BCUT2D eigenvalue weighted by molar-refractivity contribution is 4.96. The van der Waals surface area contributed by atoms with Crippen molar-refractivity contribution < 1.29 is 13.2 Å². The molecule has 2 saturated heterocycles. The van der Waals surface area contributed by atoms with Crippen molar-refractivity contribution in [1.82, 2.24) is 10.2 Å². The van der Waals surface area contributed by atoms with E-state index in [0.717, 1.165) is 25.9 Å². The minimum Gasteiger partial charge on any atom is -0.310 e. The Morgan fingerprint density at radius 3 is 2.42 bits per heavy atom. The van der Waals surface area contributed by atoms with E-state index in [0.29, 0.717) is 13.1 Å². The zero-order valence-corrected chi connectivity index (χ0v) is 11.7. The minimum atomic E-state index is -4.00. The van der Waals surface area contributed by atoms with Crippen molar-refractivity contribution in [2.24, 2.45) is 5.92 Å². The number of nitrogens with zero attached hydrogens (tertiary/aromatic N) is 1. The van der Waals surface area contributed by atoms with Gasteiger partial charge in [-0.05, 0) is 51.7 Å². The highest BCUT2D eigenvalue weighted by Crippen LogP contribution is 2.35. The maximum atomic E-state index is 12.6. The molecule has 19 heavy (non-hydrogen) atoms. The third-order valence-corrected chi connectivity index (χ3v) is 4.64. The summed E-state index contributed by atoms with van der Waals surface area (Å²) in [5, 5.41) is 3.60. The van der Waals surface area contributed by atoms with Crippen molar-refractivity contribution in [3.63, 3.8) is 0 Å². The van der Waals surface area contributed by atoms with Crippen LogP contribution in [0.5, 0.6) is 0 Å². The Bertz CT molecular complexity index is 277. The molecule has 2 rings (SSSR count). The molecule has 0 amide bonds. The summed E-state index contributed by atoms with van der Waals surface area (Å²) in [5.41, 5.74) is 0.166. The van der Waals surface area contributed by atoms with Gasteiger partial charge in [0, 0.05) is 12.1 Å². The molecule has 0 bridgehead atoms. The number of hydrogen-bond acceptors (Lipinski definition) is 2. The Morgan fingerprint density at radius 1 is 1.26 bits per heavy atom. The van der Waals surface area contributed by atoms with E-state index < -0.39 is 12.1 Å². The lowest BCUT2D eigenvalue weighted by atomic mass is 9.89. The van der Waals surface area contributed by atoms with Crippen LogP contribution >= 0.6 is 0 Å². The van der Waals surface area contributed by atoms with E-state index in [9.17, 15) is 13.2 Å². The first kappa shape index (κ1) is 15.1. The Balaban J connectivity index is 1.84. The molecule has 0 aromatic carbocycles. The molecule has 0 aliphatic carbocycles. The molecule has 1 atom stereocenters. The van der Waals surface area contributed by atoms with Gasteiger partial charge >= 0.3 is 6.18 Å². The summed E-state index contributed by atoms with van der Waals surface area (Å²) in [4.78, 5) is 2.23. The second-order valence-corrected chi connectivity index (χ2v) is 6.15. The summed E-state index contributed by atoms with van der Waals surface area (Å²) in [6.45, 7) is 5.34. The van der Waals surface area contributed by atoms with Crippen LogP contribution < -0.4 is 5.32 Å². The summed E-state index contributed by atoms with van der Waals surface area (Å²) >= 11 is 0. The number of hydrogen-bond donors (Lipinski definition) is 1. The number of likely N-dealkylation sites (tertiary alicyclic amines) is 1. The van der Waals surface area contributed by atoms with Crippen LogP contribution in [0.4, 0.5) is 13.2 Å². The summed E-state index contributed by atoms with van der Waals surface area (Å²) in [7, 11) is 0. The first-order valence-corrected chi connectivity index (χ1v) is 7.49. The minimum absolute atomic E-state index is 0.166. The van der Waals surface area contributed by atoms with Crippen LogP contribution in [0.15, 0.2) is 0 Å². The van der Waals surface area contributed by atoms with E-state index in [2.05, 4.69) is 17.1 Å². The predicted molar refractivity (Wildman–Crippen MR) is 70.1 cm³/mol. The van der Waals surface area contributed by atoms with E-state index >= 15 is 0 Å². The third kappa shape index (κ3) is 3.85. The van der Waals surface area contributed by atoms with Crippen LogP contribution in [0.3, 0.4) is 0 Å².